The molecule has 0 unspecified atom stereocenters. The first-order valence-corrected chi connectivity index (χ1v) is 7.92. The van der Waals surface area contributed by atoms with Gasteiger partial charge in [-0.15, -0.1) is 5.10 Å². The van der Waals surface area contributed by atoms with Crippen molar-refractivity contribution in [2.24, 2.45) is 0 Å². The summed E-state index contributed by atoms with van der Waals surface area (Å²) < 4.78 is 5.85. The van der Waals surface area contributed by atoms with Crippen molar-refractivity contribution in [1.29, 1.82) is 0 Å². The van der Waals surface area contributed by atoms with Crippen molar-refractivity contribution in [2.75, 3.05) is 29.9 Å². The van der Waals surface area contributed by atoms with Crippen molar-refractivity contribution in [3.63, 3.8) is 0 Å². The van der Waals surface area contributed by atoms with Crippen LogP contribution in [0.15, 0.2) is 47.0 Å². The number of benzene rings is 1. The first kappa shape index (κ1) is 14.0. The van der Waals surface area contributed by atoms with Crippen LogP contribution in [0, 0.1) is 0 Å². The van der Waals surface area contributed by atoms with Crippen LogP contribution in [0.3, 0.4) is 0 Å². The van der Waals surface area contributed by atoms with Gasteiger partial charge in [-0.1, -0.05) is 12.1 Å². The molecule has 0 saturated carbocycles. The number of para-hydroxylation sites is 2. The highest BCUT2D eigenvalue weighted by Gasteiger charge is 2.28. The number of fused-ring (bicyclic) bond motifs is 1. The van der Waals surface area contributed by atoms with Gasteiger partial charge in [0, 0.05) is 32.4 Å². The molecule has 1 saturated heterocycles. The van der Waals surface area contributed by atoms with Gasteiger partial charge in [0.05, 0.1) is 0 Å². The highest BCUT2D eigenvalue weighted by molar-refractivity contribution is 5.74. The lowest BCUT2D eigenvalue weighted by atomic mass is 10.2. The molecule has 2 aromatic heterocycles. The van der Waals surface area contributed by atoms with Gasteiger partial charge in [0.25, 0.3) is 6.01 Å². The van der Waals surface area contributed by atoms with Crippen molar-refractivity contribution in [2.45, 2.75) is 18.9 Å². The summed E-state index contributed by atoms with van der Waals surface area (Å²) in [6, 6.07) is 12.9. The number of rotatable bonds is 4. The summed E-state index contributed by atoms with van der Waals surface area (Å²) in [7, 11) is 2.03. The Balaban J connectivity index is 1.52. The van der Waals surface area contributed by atoms with Crippen molar-refractivity contribution in [1.82, 2.24) is 15.2 Å². The van der Waals surface area contributed by atoms with Crippen molar-refractivity contribution < 1.29 is 4.42 Å². The minimum atomic E-state index is 0.395. The lowest BCUT2D eigenvalue weighted by Crippen LogP contribution is -2.39. The molecule has 6 nitrogen and oxygen atoms in total. The second-order valence-electron chi connectivity index (χ2n) is 5.92. The van der Waals surface area contributed by atoms with E-state index in [-0.39, 0.29) is 0 Å². The molecule has 1 fully saturated rings. The maximum atomic E-state index is 5.85. The van der Waals surface area contributed by atoms with Crippen LogP contribution in [0.1, 0.15) is 12.8 Å². The minimum Gasteiger partial charge on any atom is -0.423 e. The van der Waals surface area contributed by atoms with E-state index in [1.54, 1.807) is 6.20 Å². The van der Waals surface area contributed by atoms with E-state index in [0.717, 1.165) is 36.4 Å². The van der Waals surface area contributed by atoms with E-state index in [0.29, 0.717) is 12.1 Å². The average Bonchev–Trinajstić information content (AvgIpc) is 3.22. The Labute approximate surface area is 134 Å². The second-order valence-corrected chi connectivity index (χ2v) is 5.92. The Morgan fingerprint density at radius 1 is 1.26 bits per heavy atom. The molecule has 0 aliphatic carbocycles. The Morgan fingerprint density at radius 2 is 2.17 bits per heavy atom. The van der Waals surface area contributed by atoms with Crippen LogP contribution >= 0.6 is 0 Å². The molecule has 0 bridgehead atoms. The molecule has 1 atom stereocenters. The maximum absolute atomic E-state index is 5.85. The number of likely N-dealkylation sites (N-methyl/N-ethyl adjacent to an activating group) is 1. The van der Waals surface area contributed by atoms with Crippen molar-refractivity contribution in [3.05, 3.63) is 42.6 Å². The van der Waals surface area contributed by atoms with E-state index in [2.05, 4.69) is 25.0 Å². The zero-order chi connectivity index (χ0) is 15.6. The zero-order valence-corrected chi connectivity index (χ0v) is 13.1. The normalized spacial score (nSPS) is 17.8. The summed E-state index contributed by atoms with van der Waals surface area (Å²) in [6.07, 6.45) is 4.02. The number of aromatic nitrogens is 3. The van der Waals surface area contributed by atoms with E-state index in [9.17, 15) is 0 Å². The first-order valence-electron chi connectivity index (χ1n) is 7.92. The first-order chi connectivity index (χ1) is 11.3. The summed E-state index contributed by atoms with van der Waals surface area (Å²) in [4.78, 5) is 8.97. The van der Waals surface area contributed by atoms with Crippen molar-refractivity contribution in [3.8, 4) is 0 Å². The molecule has 3 aromatic rings. The van der Waals surface area contributed by atoms with Crippen LogP contribution in [0.5, 0.6) is 0 Å². The van der Waals surface area contributed by atoms with Gasteiger partial charge < -0.3 is 14.2 Å². The molecule has 118 valence electrons. The monoisotopic (exact) mass is 309 g/mol. The van der Waals surface area contributed by atoms with Gasteiger partial charge in [0.1, 0.15) is 5.52 Å². The minimum absolute atomic E-state index is 0.395. The maximum Gasteiger partial charge on any atom is 0.298 e. The fourth-order valence-electron chi connectivity index (χ4n) is 3.19. The average molecular weight is 309 g/mol. The smallest absolute Gasteiger partial charge is 0.298 e. The third-order valence-electron chi connectivity index (χ3n) is 4.32. The summed E-state index contributed by atoms with van der Waals surface area (Å²) in [5.74, 6) is 0.945. The molecule has 0 spiro atoms. The number of hydrogen-bond donors (Lipinski definition) is 0. The van der Waals surface area contributed by atoms with Gasteiger partial charge in [-0.25, -0.2) is 0 Å². The molecular formula is C17H19N5O. The lowest BCUT2D eigenvalue weighted by Gasteiger charge is -2.28. The number of anilines is 2. The topological polar surface area (TPSA) is 58.3 Å². The molecule has 6 heteroatoms. The highest BCUT2D eigenvalue weighted by Crippen LogP contribution is 2.26. The van der Waals surface area contributed by atoms with Gasteiger partial charge >= 0.3 is 0 Å². The molecular weight excluding hydrogens is 290 g/mol. The Kier molecular flexibility index (Phi) is 3.57. The van der Waals surface area contributed by atoms with Crippen LogP contribution in [-0.2, 0) is 0 Å². The summed E-state index contributed by atoms with van der Waals surface area (Å²) >= 11 is 0. The molecule has 1 aromatic carbocycles. The van der Waals surface area contributed by atoms with Gasteiger partial charge in [0.2, 0.25) is 0 Å². The van der Waals surface area contributed by atoms with Crippen LogP contribution < -0.4 is 9.80 Å². The Morgan fingerprint density at radius 3 is 3.00 bits per heavy atom. The van der Waals surface area contributed by atoms with Crippen LogP contribution in [0.4, 0.5) is 11.8 Å². The third-order valence-corrected chi connectivity index (χ3v) is 4.32. The van der Waals surface area contributed by atoms with E-state index in [1.165, 1.54) is 6.42 Å². The number of oxazole rings is 1. The second kappa shape index (κ2) is 5.87. The highest BCUT2D eigenvalue weighted by atomic mass is 16.4. The predicted molar refractivity (Wildman–Crippen MR) is 89.7 cm³/mol. The molecule has 0 radical (unpaired) electrons. The van der Waals surface area contributed by atoms with Gasteiger partial charge in [-0.05, 0) is 37.1 Å². The third kappa shape index (κ3) is 2.72. The largest absolute Gasteiger partial charge is 0.423 e. The molecule has 23 heavy (non-hydrogen) atoms. The van der Waals surface area contributed by atoms with E-state index in [1.807, 2.05) is 43.4 Å². The van der Waals surface area contributed by atoms with E-state index < -0.39 is 0 Å². The number of hydrogen-bond acceptors (Lipinski definition) is 6. The fourth-order valence-corrected chi connectivity index (χ4v) is 3.19. The van der Waals surface area contributed by atoms with Crippen LogP contribution in [0.2, 0.25) is 0 Å². The quantitative estimate of drug-likeness (QED) is 0.738. The van der Waals surface area contributed by atoms with Gasteiger partial charge in [-0.3, -0.25) is 0 Å². The molecule has 0 N–H and O–H groups in total. The standard InChI is InChI=1S/C17H19N5O/c1-21(17-19-14-7-2-3-8-15(14)23-17)12-13-6-5-11-22(13)16-9-4-10-18-20-16/h2-4,7-10,13H,5-6,11-12H2,1H3/t13-/m1/s1. The Bertz CT molecular complexity index is 755. The fraction of sp³-hybridized carbons (Fsp3) is 0.353. The molecule has 4 rings (SSSR count). The van der Waals surface area contributed by atoms with Gasteiger partial charge in [-0.2, -0.15) is 10.1 Å². The van der Waals surface area contributed by atoms with Crippen molar-refractivity contribution >= 4 is 22.9 Å². The summed E-state index contributed by atoms with van der Waals surface area (Å²) in [5, 5.41) is 8.24. The Hall–Kier alpha value is -2.63. The SMILES string of the molecule is CN(C[C@H]1CCCN1c1cccnn1)c1nc2ccccc2o1. The summed E-state index contributed by atoms with van der Waals surface area (Å²) in [6.45, 7) is 1.87. The lowest BCUT2D eigenvalue weighted by molar-refractivity contribution is 0.557. The number of nitrogens with zero attached hydrogens (tertiary/aromatic N) is 5. The van der Waals surface area contributed by atoms with Gasteiger partial charge in [0.15, 0.2) is 11.4 Å². The molecule has 0 amide bonds. The zero-order valence-electron chi connectivity index (χ0n) is 13.1. The molecule has 3 heterocycles. The van der Waals surface area contributed by atoms with E-state index >= 15 is 0 Å². The molecule has 1 aliphatic heterocycles. The predicted octanol–water partition coefficient (Wildman–Crippen LogP) is 2.72. The molecule has 1 aliphatic rings. The summed E-state index contributed by atoms with van der Waals surface area (Å²) in [5.41, 5.74) is 1.72. The van der Waals surface area contributed by atoms with E-state index in [4.69, 9.17) is 4.42 Å². The van der Waals surface area contributed by atoms with Crippen LogP contribution in [-0.4, -0.2) is 41.4 Å². The van der Waals surface area contributed by atoms with Crippen LogP contribution in [0.25, 0.3) is 11.1 Å².